The predicted octanol–water partition coefficient (Wildman–Crippen LogP) is 3.16. The molecular formula is C12H12INO. The highest BCUT2D eigenvalue weighted by molar-refractivity contribution is 14.1. The molecular weight excluding hydrogens is 301 g/mol. The van der Waals surface area contributed by atoms with Gasteiger partial charge in [-0.1, -0.05) is 30.3 Å². The minimum absolute atomic E-state index is 0.696. The van der Waals surface area contributed by atoms with Crippen LogP contribution in [0.5, 0.6) is 5.75 Å². The molecule has 0 bridgehead atoms. The van der Waals surface area contributed by atoms with Gasteiger partial charge in [-0.15, -0.1) is 0 Å². The number of ether oxygens (including phenoxy) is 1. The van der Waals surface area contributed by atoms with Gasteiger partial charge in [0.25, 0.3) is 0 Å². The summed E-state index contributed by atoms with van der Waals surface area (Å²) >= 11 is 2.11. The third-order valence-electron chi connectivity index (χ3n) is 2.19. The van der Waals surface area contributed by atoms with Gasteiger partial charge in [0.05, 0.1) is 0 Å². The van der Waals surface area contributed by atoms with Gasteiger partial charge in [-0.25, -0.2) is 0 Å². The van der Waals surface area contributed by atoms with Crippen molar-refractivity contribution in [2.75, 3.05) is 13.2 Å². The van der Waals surface area contributed by atoms with Gasteiger partial charge in [0.2, 0.25) is 0 Å². The van der Waals surface area contributed by atoms with Crippen molar-refractivity contribution >= 4 is 33.6 Å². The summed E-state index contributed by atoms with van der Waals surface area (Å²) in [4.78, 5) is 0. The predicted molar refractivity (Wildman–Crippen MR) is 71.5 cm³/mol. The van der Waals surface area contributed by atoms with Crippen LogP contribution in [0.2, 0.25) is 0 Å². The van der Waals surface area contributed by atoms with Gasteiger partial charge >= 0.3 is 0 Å². The van der Waals surface area contributed by atoms with Crippen LogP contribution in [0, 0.1) is 0 Å². The molecule has 0 saturated carbocycles. The summed E-state index contributed by atoms with van der Waals surface area (Å²) in [5.41, 5.74) is 0. The van der Waals surface area contributed by atoms with Crippen molar-refractivity contribution < 1.29 is 4.74 Å². The SMILES string of the molecule is INCCOc1ccc2ccccc2c1. The summed E-state index contributed by atoms with van der Waals surface area (Å²) in [6.45, 7) is 1.55. The third-order valence-corrected chi connectivity index (χ3v) is 2.73. The summed E-state index contributed by atoms with van der Waals surface area (Å²) in [7, 11) is 0. The minimum atomic E-state index is 0.696. The highest BCUT2D eigenvalue weighted by atomic mass is 127. The average Bonchev–Trinajstić information content (AvgIpc) is 2.29. The van der Waals surface area contributed by atoms with E-state index in [1.54, 1.807) is 0 Å². The fourth-order valence-electron chi connectivity index (χ4n) is 1.46. The van der Waals surface area contributed by atoms with Crippen molar-refractivity contribution in [2.24, 2.45) is 0 Å². The number of rotatable bonds is 4. The molecule has 15 heavy (non-hydrogen) atoms. The molecule has 0 amide bonds. The van der Waals surface area contributed by atoms with Crippen LogP contribution in [0.1, 0.15) is 0 Å². The molecule has 2 aromatic rings. The van der Waals surface area contributed by atoms with E-state index in [4.69, 9.17) is 4.74 Å². The van der Waals surface area contributed by atoms with Crippen LogP contribution in [0.3, 0.4) is 0 Å². The molecule has 0 fully saturated rings. The molecule has 0 spiro atoms. The Kier molecular flexibility index (Phi) is 3.80. The van der Waals surface area contributed by atoms with Crippen LogP contribution >= 0.6 is 22.9 Å². The zero-order valence-corrected chi connectivity index (χ0v) is 10.4. The Morgan fingerprint density at radius 3 is 2.67 bits per heavy atom. The zero-order chi connectivity index (χ0) is 10.5. The molecule has 2 nitrogen and oxygen atoms in total. The first-order valence-electron chi connectivity index (χ1n) is 4.85. The van der Waals surface area contributed by atoms with Crippen LogP contribution in [0.4, 0.5) is 0 Å². The minimum Gasteiger partial charge on any atom is -0.492 e. The molecule has 78 valence electrons. The van der Waals surface area contributed by atoms with E-state index < -0.39 is 0 Å². The normalized spacial score (nSPS) is 10.5. The Morgan fingerprint density at radius 2 is 1.87 bits per heavy atom. The summed E-state index contributed by atoms with van der Waals surface area (Å²) in [5.74, 6) is 0.931. The second kappa shape index (κ2) is 5.32. The van der Waals surface area contributed by atoms with E-state index in [1.165, 1.54) is 10.8 Å². The van der Waals surface area contributed by atoms with E-state index in [-0.39, 0.29) is 0 Å². The maximum absolute atomic E-state index is 5.59. The highest BCUT2D eigenvalue weighted by Crippen LogP contribution is 2.20. The van der Waals surface area contributed by atoms with Crippen molar-refractivity contribution in [3.8, 4) is 5.75 Å². The van der Waals surface area contributed by atoms with Crippen LogP contribution in [-0.2, 0) is 0 Å². The van der Waals surface area contributed by atoms with Crippen LogP contribution in [0.15, 0.2) is 42.5 Å². The number of benzene rings is 2. The fourth-order valence-corrected chi connectivity index (χ4v) is 1.68. The van der Waals surface area contributed by atoms with E-state index >= 15 is 0 Å². The Labute approximate surface area is 103 Å². The third kappa shape index (κ3) is 2.82. The van der Waals surface area contributed by atoms with Crippen molar-refractivity contribution in [1.29, 1.82) is 0 Å². The lowest BCUT2D eigenvalue weighted by Gasteiger charge is -2.06. The maximum atomic E-state index is 5.59. The van der Waals surface area contributed by atoms with E-state index in [1.807, 2.05) is 18.2 Å². The van der Waals surface area contributed by atoms with Gasteiger partial charge in [0.1, 0.15) is 12.4 Å². The molecule has 3 heteroatoms. The molecule has 0 heterocycles. The molecule has 0 aromatic heterocycles. The Hall–Kier alpha value is -0.810. The van der Waals surface area contributed by atoms with Gasteiger partial charge in [0, 0.05) is 29.4 Å². The van der Waals surface area contributed by atoms with Crippen molar-refractivity contribution in [3.63, 3.8) is 0 Å². The zero-order valence-electron chi connectivity index (χ0n) is 8.24. The molecule has 0 saturated heterocycles. The largest absolute Gasteiger partial charge is 0.492 e. The summed E-state index contributed by atoms with van der Waals surface area (Å²) in [6, 6.07) is 14.5. The van der Waals surface area contributed by atoms with E-state index in [0.29, 0.717) is 6.61 Å². The summed E-state index contributed by atoms with van der Waals surface area (Å²) in [6.07, 6.45) is 0. The van der Waals surface area contributed by atoms with E-state index in [0.717, 1.165) is 12.3 Å². The fraction of sp³-hybridized carbons (Fsp3) is 0.167. The number of hydrogen-bond acceptors (Lipinski definition) is 2. The molecule has 0 atom stereocenters. The second-order valence-corrected chi connectivity index (χ2v) is 4.00. The first-order chi connectivity index (χ1) is 7.40. The molecule has 2 rings (SSSR count). The van der Waals surface area contributed by atoms with Crippen molar-refractivity contribution in [1.82, 2.24) is 3.53 Å². The maximum Gasteiger partial charge on any atom is 0.120 e. The van der Waals surface area contributed by atoms with Crippen LogP contribution in [-0.4, -0.2) is 13.2 Å². The van der Waals surface area contributed by atoms with E-state index in [9.17, 15) is 0 Å². The molecule has 1 N–H and O–H groups in total. The number of halogens is 1. The molecule has 0 aliphatic rings. The number of fused-ring (bicyclic) bond motifs is 1. The lowest BCUT2D eigenvalue weighted by molar-refractivity contribution is 0.326. The molecule has 0 aliphatic carbocycles. The van der Waals surface area contributed by atoms with Gasteiger partial charge in [0.15, 0.2) is 0 Å². The van der Waals surface area contributed by atoms with Gasteiger partial charge in [-0.05, 0) is 22.9 Å². The summed E-state index contributed by atoms with van der Waals surface area (Å²) < 4.78 is 8.61. The number of nitrogens with one attached hydrogen (secondary N) is 1. The van der Waals surface area contributed by atoms with Crippen molar-refractivity contribution in [3.05, 3.63) is 42.5 Å². The lowest BCUT2D eigenvalue weighted by atomic mass is 10.1. The first-order valence-corrected chi connectivity index (χ1v) is 5.93. The molecule has 0 aliphatic heterocycles. The Balaban J connectivity index is 2.16. The first kappa shape index (κ1) is 10.7. The smallest absolute Gasteiger partial charge is 0.120 e. The van der Waals surface area contributed by atoms with Gasteiger partial charge in [-0.3, -0.25) is 3.53 Å². The Morgan fingerprint density at radius 1 is 1.07 bits per heavy atom. The molecule has 0 radical (unpaired) electrons. The lowest BCUT2D eigenvalue weighted by Crippen LogP contribution is -2.10. The average molecular weight is 313 g/mol. The summed E-state index contributed by atoms with van der Waals surface area (Å²) in [5, 5.41) is 2.47. The second-order valence-electron chi connectivity index (χ2n) is 3.24. The van der Waals surface area contributed by atoms with Crippen LogP contribution < -0.4 is 8.27 Å². The van der Waals surface area contributed by atoms with Gasteiger partial charge in [-0.2, -0.15) is 0 Å². The van der Waals surface area contributed by atoms with Crippen LogP contribution in [0.25, 0.3) is 10.8 Å². The van der Waals surface area contributed by atoms with Crippen molar-refractivity contribution in [2.45, 2.75) is 0 Å². The Bertz CT molecular complexity index is 444. The standard InChI is InChI=1S/C12H12INO/c13-14-7-8-15-12-6-5-10-3-1-2-4-11(10)9-12/h1-6,9,14H,7-8H2. The quantitative estimate of drug-likeness (QED) is 0.532. The topological polar surface area (TPSA) is 21.3 Å². The van der Waals surface area contributed by atoms with E-state index in [2.05, 4.69) is 50.7 Å². The van der Waals surface area contributed by atoms with Gasteiger partial charge < -0.3 is 4.74 Å². The molecule has 2 aromatic carbocycles. The number of hydrogen-bond donors (Lipinski definition) is 1. The highest BCUT2D eigenvalue weighted by Gasteiger charge is 1.96. The molecule has 0 unspecified atom stereocenters. The monoisotopic (exact) mass is 313 g/mol.